The van der Waals surface area contributed by atoms with Crippen molar-refractivity contribution in [3.8, 4) is 0 Å². The van der Waals surface area contributed by atoms with E-state index < -0.39 is 12.0 Å². The van der Waals surface area contributed by atoms with Gasteiger partial charge in [0.25, 0.3) is 0 Å². The lowest BCUT2D eigenvalue weighted by Gasteiger charge is -2.08. The molecule has 8 heteroatoms. The fourth-order valence-corrected chi connectivity index (χ4v) is 1.77. The molecule has 0 saturated carbocycles. The summed E-state index contributed by atoms with van der Waals surface area (Å²) in [4.78, 5) is 23.3. The number of hydrogen-bond donors (Lipinski definition) is 3. The highest BCUT2D eigenvalue weighted by Gasteiger charge is 2.13. The Morgan fingerprint density at radius 2 is 2.38 bits per heavy atom. The molecule has 1 atom stereocenters. The topological polar surface area (TPSA) is 114 Å². The summed E-state index contributed by atoms with van der Waals surface area (Å²) in [7, 11) is 0. The second kappa shape index (κ2) is 3.89. The Labute approximate surface area is 94.4 Å². The van der Waals surface area contributed by atoms with Gasteiger partial charge in [0, 0.05) is 0 Å². The number of nitrogen functional groups attached to an aromatic ring is 1. The van der Waals surface area contributed by atoms with Gasteiger partial charge in [-0.15, -0.1) is 11.3 Å². The molecule has 16 heavy (non-hydrogen) atoms. The quantitative estimate of drug-likeness (QED) is 0.716. The van der Waals surface area contributed by atoms with Crippen molar-refractivity contribution in [3.05, 3.63) is 5.51 Å². The second-order valence-corrected chi connectivity index (χ2v) is 3.98. The van der Waals surface area contributed by atoms with Gasteiger partial charge in [0.1, 0.15) is 11.6 Å². The van der Waals surface area contributed by atoms with Gasteiger partial charge in [0.15, 0.2) is 10.6 Å². The number of aromatic nitrogens is 3. The number of carboxylic acid groups (broad SMARTS) is 1. The van der Waals surface area contributed by atoms with Crippen LogP contribution < -0.4 is 11.1 Å². The predicted molar refractivity (Wildman–Crippen MR) is 60.3 cm³/mol. The molecular formula is C8H9N5O2S. The molecule has 2 aromatic rings. The van der Waals surface area contributed by atoms with Crippen molar-refractivity contribution in [3.63, 3.8) is 0 Å². The van der Waals surface area contributed by atoms with Gasteiger partial charge in [-0.05, 0) is 6.92 Å². The van der Waals surface area contributed by atoms with Gasteiger partial charge in [-0.2, -0.15) is 4.98 Å². The van der Waals surface area contributed by atoms with Gasteiger partial charge in [0.05, 0.1) is 5.51 Å². The SMILES string of the molecule is C[C@H](Nc1nc(N)c2ncsc2n1)C(=O)O. The monoisotopic (exact) mass is 239 g/mol. The van der Waals surface area contributed by atoms with E-state index in [1.165, 1.54) is 18.3 Å². The summed E-state index contributed by atoms with van der Waals surface area (Å²) in [5.74, 6) is -0.540. The second-order valence-electron chi connectivity index (χ2n) is 3.14. The fraction of sp³-hybridized carbons (Fsp3) is 0.250. The highest BCUT2D eigenvalue weighted by molar-refractivity contribution is 7.16. The fourth-order valence-electron chi connectivity index (χ4n) is 1.10. The zero-order chi connectivity index (χ0) is 11.7. The van der Waals surface area contributed by atoms with E-state index in [2.05, 4.69) is 20.3 Å². The molecule has 0 bridgehead atoms. The molecular weight excluding hydrogens is 230 g/mol. The molecule has 4 N–H and O–H groups in total. The normalized spacial score (nSPS) is 12.6. The van der Waals surface area contributed by atoms with E-state index in [1.807, 2.05) is 0 Å². The van der Waals surface area contributed by atoms with Crippen LogP contribution in [0.3, 0.4) is 0 Å². The number of aliphatic carboxylic acids is 1. The summed E-state index contributed by atoms with van der Waals surface area (Å²) in [6.07, 6.45) is 0. The number of fused-ring (bicyclic) bond motifs is 1. The van der Waals surface area contributed by atoms with Crippen molar-refractivity contribution in [2.45, 2.75) is 13.0 Å². The number of rotatable bonds is 3. The third-order valence-corrected chi connectivity index (χ3v) is 2.66. The summed E-state index contributed by atoms with van der Waals surface area (Å²) in [5, 5.41) is 11.4. The molecule has 0 aromatic carbocycles. The molecule has 0 aliphatic rings. The van der Waals surface area contributed by atoms with Crippen LogP contribution in [0.25, 0.3) is 10.3 Å². The molecule has 2 heterocycles. The van der Waals surface area contributed by atoms with Crippen molar-refractivity contribution in [2.24, 2.45) is 0 Å². The van der Waals surface area contributed by atoms with Crippen molar-refractivity contribution in [1.29, 1.82) is 0 Å². The lowest BCUT2D eigenvalue weighted by molar-refractivity contribution is -0.137. The van der Waals surface area contributed by atoms with E-state index in [0.29, 0.717) is 10.3 Å². The number of nitrogens with two attached hydrogens (primary N) is 1. The van der Waals surface area contributed by atoms with Crippen molar-refractivity contribution in [1.82, 2.24) is 15.0 Å². The molecule has 0 fully saturated rings. The number of hydrogen-bond acceptors (Lipinski definition) is 7. The van der Waals surface area contributed by atoms with E-state index in [1.54, 1.807) is 5.51 Å². The average Bonchev–Trinajstić information content (AvgIpc) is 2.65. The van der Waals surface area contributed by atoms with Crippen molar-refractivity contribution >= 4 is 39.4 Å². The first kappa shape index (κ1) is 10.6. The van der Waals surface area contributed by atoms with Crippen LogP contribution in [-0.4, -0.2) is 32.1 Å². The minimum atomic E-state index is -0.980. The Morgan fingerprint density at radius 1 is 1.62 bits per heavy atom. The number of thiazole rings is 1. The Hall–Kier alpha value is -1.96. The summed E-state index contributed by atoms with van der Waals surface area (Å²) in [5.41, 5.74) is 7.81. The predicted octanol–water partition coefficient (Wildman–Crippen LogP) is 0.553. The summed E-state index contributed by atoms with van der Waals surface area (Å²) in [6.45, 7) is 1.50. The van der Waals surface area contributed by atoms with Crippen LogP contribution in [0.4, 0.5) is 11.8 Å². The smallest absolute Gasteiger partial charge is 0.325 e. The van der Waals surface area contributed by atoms with Crippen LogP contribution in [0.2, 0.25) is 0 Å². The Kier molecular flexibility index (Phi) is 2.57. The van der Waals surface area contributed by atoms with Crippen LogP contribution >= 0.6 is 11.3 Å². The van der Waals surface area contributed by atoms with Crippen LogP contribution in [-0.2, 0) is 4.79 Å². The highest BCUT2D eigenvalue weighted by Crippen LogP contribution is 2.21. The molecule has 0 unspecified atom stereocenters. The first-order valence-corrected chi connectivity index (χ1v) is 5.32. The number of anilines is 2. The van der Waals surface area contributed by atoms with Crippen LogP contribution in [0.1, 0.15) is 6.92 Å². The van der Waals surface area contributed by atoms with Gasteiger partial charge in [-0.1, -0.05) is 0 Å². The third-order valence-electron chi connectivity index (χ3n) is 1.94. The number of nitrogens with zero attached hydrogens (tertiary/aromatic N) is 3. The summed E-state index contributed by atoms with van der Waals surface area (Å²) in [6, 6.07) is -0.773. The molecule has 2 aromatic heterocycles. The van der Waals surface area contributed by atoms with Crippen LogP contribution in [0.15, 0.2) is 5.51 Å². The van der Waals surface area contributed by atoms with Crippen LogP contribution in [0, 0.1) is 0 Å². The molecule has 0 amide bonds. The Morgan fingerprint density at radius 3 is 3.06 bits per heavy atom. The van der Waals surface area contributed by atoms with Gasteiger partial charge in [0.2, 0.25) is 5.95 Å². The van der Waals surface area contributed by atoms with E-state index in [9.17, 15) is 4.79 Å². The molecule has 0 radical (unpaired) electrons. The lowest BCUT2D eigenvalue weighted by atomic mass is 10.3. The van der Waals surface area contributed by atoms with Crippen LogP contribution in [0.5, 0.6) is 0 Å². The summed E-state index contributed by atoms with van der Waals surface area (Å²) >= 11 is 1.32. The molecule has 0 spiro atoms. The molecule has 0 aliphatic carbocycles. The minimum Gasteiger partial charge on any atom is -0.480 e. The third kappa shape index (κ3) is 1.87. The Balaban J connectivity index is 2.35. The maximum absolute atomic E-state index is 10.6. The number of carboxylic acids is 1. The average molecular weight is 239 g/mol. The van der Waals surface area contributed by atoms with E-state index in [4.69, 9.17) is 10.8 Å². The Bertz CT molecular complexity index is 540. The molecule has 7 nitrogen and oxygen atoms in total. The van der Waals surface area contributed by atoms with Gasteiger partial charge in [-0.25, -0.2) is 9.97 Å². The first-order chi connectivity index (χ1) is 7.58. The van der Waals surface area contributed by atoms with Gasteiger partial charge in [-0.3, -0.25) is 4.79 Å². The lowest BCUT2D eigenvalue weighted by Crippen LogP contribution is -2.26. The van der Waals surface area contributed by atoms with E-state index >= 15 is 0 Å². The standard InChI is InChI=1S/C8H9N5O2S/c1-3(7(14)15)11-8-12-5(9)4-6(13-8)16-2-10-4/h2-3H,1H3,(H,14,15)(H3,9,11,12,13)/t3-/m0/s1. The van der Waals surface area contributed by atoms with Gasteiger partial charge >= 0.3 is 5.97 Å². The maximum atomic E-state index is 10.6. The molecule has 0 aliphatic heterocycles. The first-order valence-electron chi connectivity index (χ1n) is 4.44. The zero-order valence-electron chi connectivity index (χ0n) is 8.34. The number of nitrogens with one attached hydrogen (secondary N) is 1. The highest BCUT2D eigenvalue weighted by atomic mass is 32.1. The molecule has 84 valence electrons. The largest absolute Gasteiger partial charge is 0.480 e. The number of carbonyl (C=O) groups is 1. The molecule has 0 saturated heterocycles. The van der Waals surface area contributed by atoms with Gasteiger partial charge < -0.3 is 16.2 Å². The zero-order valence-corrected chi connectivity index (χ0v) is 9.15. The molecule has 2 rings (SSSR count). The van der Waals surface area contributed by atoms with E-state index in [-0.39, 0.29) is 11.8 Å². The van der Waals surface area contributed by atoms with Crippen molar-refractivity contribution in [2.75, 3.05) is 11.1 Å². The summed E-state index contributed by atoms with van der Waals surface area (Å²) < 4.78 is 0. The van der Waals surface area contributed by atoms with Crippen molar-refractivity contribution < 1.29 is 9.90 Å². The maximum Gasteiger partial charge on any atom is 0.325 e. The van der Waals surface area contributed by atoms with E-state index in [0.717, 1.165) is 0 Å². The minimum absolute atomic E-state index is 0.198.